The zero-order chi connectivity index (χ0) is 11.9. The van der Waals surface area contributed by atoms with Crippen molar-refractivity contribution in [3.05, 3.63) is 0 Å². The van der Waals surface area contributed by atoms with Gasteiger partial charge in [0.05, 0.1) is 0 Å². The number of hydrogen-bond acceptors (Lipinski definition) is 4. The Kier molecular flexibility index (Phi) is 7.98. The number of carbonyl (C=O) groups is 2. The van der Waals surface area contributed by atoms with Crippen LogP contribution in [0.1, 0.15) is 20.8 Å². The number of carboxylic acid groups (broad SMARTS) is 2. The molecule has 6 heteroatoms. The zero-order valence-electron chi connectivity index (χ0n) is 8.47. The lowest BCUT2D eigenvalue weighted by molar-refractivity contribution is -0.145. The molecule has 5 N–H and O–H groups in total. The van der Waals surface area contributed by atoms with Crippen molar-refractivity contribution in [3.63, 3.8) is 0 Å². The van der Waals surface area contributed by atoms with Gasteiger partial charge in [-0.1, -0.05) is 13.8 Å². The first-order valence-corrected chi connectivity index (χ1v) is 4.09. The molecule has 84 valence electrons. The fraction of sp³-hybridized carbons (Fsp3) is 0.750. The molecule has 0 spiro atoms. The van der Waals surface area contributed by atoms with E-state index in [0.717, 1.165) is 0 Å². The quantitative estimate of drug-likeness (QED) is 0.495. The number of nitrogens with two attached hydrogens (primary N) is 1. The molecule has 1 unspecified atom stereocenters. The van der Waals surface area contributed by atoms with Gasteiger partial charge in [-0.2, -0.15) is 0 Å². The third-order valence-electron chi connectivity index (χ3n) is 1.36. The molecule has 0 aliphatic carbocycles. The van der Waals surface area contributed by atoms with E-state index in [2.05, 4.69) is 0 Å². The third-order valence-corrected chi connectivity index (χ3v) is 1.36. The van der Waals surface area contributed by atoms with Crippen molar-refractivity contribution in [2.24, 2.45) is 11.7 Å². The van der Waals surface area contributed by atoms with Crippen molar-refractivity contribution in [1.82, 2.24) is 0 Å². The van der Waals surface area contributed by atoms with Gasteiger partial charge in [0.15, 0.2) is 0 Å². The molecule has 0 saturated heterocycles. The molecule has 0 amide bonds. The van der Waals surface area contributed by atoms with Crippen molar-refractivity contribution in [2.75, 3.05) is 0 Å². The second kappa shape index (κ2) is 7.28. The van der Waals surface area contributed by atoms with E-state index in [1.165, 1.54) is 6.92 Å². The van der Waals surface area contributed by atoms with Crippen molar-refractivity contribution in [3.8, 4) is 0 Å². The number of aliphatic carboxylic acids is 2. The van der Waals surface area contributed by atoms with Crippen LogP contribution in [-0.4, -0.2) is 39.4 Å². The SMILES string of the molecule is CC(C)[C@H](N)C(=O)O.CC(O)C(=O)O. The molecule has 0 heterocycles. The van der Waals surface area contributed by atoms with Crippen LogP contribution >= 0.6 is 0 Å². The van der Waals surface area contributed by atoms with Crippen LogP contribution in [0.4, 0.5) is 0 Å². The topological polar surface area (TPSA) is 121 Å². The highest BCUT2D eigenvalue weighted by molar-refractivity contribution is 5.73. The fourth-order valence-electron chi connectivity index (χ4n) is 0.285. The molecule has 0 aromatic heterocycles. The number of hydrogen-bond donors (Lipinski definition) is 4. The second-order valence-electron chi connectivity index (χ2n) is 3.12. The Hall–Kier alpha value is -1.14. The summed E-state index contributed by atoms with van der Waals surface area (Å²) < 4.78 is 0. The summed E-state index contributed by atoms with van der Waals surface area (Å²) in [6, 6.07) is -0.713. The highest BCUT2D eigenvalue weighted by atomic mass is 16.4. The molecule has 0 aliphatic rings. The summed E-state index contributed by atoms with van der Waals surface area (Å²) in [6.07, 6.45) is -1.23. The number of carboxylic acids is 2. The Morgan fingerprint density at radius 2 is 1.36 bits per heavy atom. The second-order valence-corrected chi connectivity index (χ2v) is 3.12. The van der Waals surface area contributed by atoms with Gasteiger partial charge in [-0.3, -0.25) is 4.79 Å². The van der Waals surface area contributed by atoms with Crippen LogP contribution in [0.5, 0.6) is 0 Å². The van der Waals surface area contributed by atoms with Crippen LogP contribution in [0.25, 0.3) is 0 Å². The lowest BCUT2D eigenvalue weighted by Gasteiger charge is -2.07. The summed E-state index contributed by atoms with van der Waals surface area (Å²) in [7, 11) is 0. The Morgan fingerprint density at radius 3 is 1.36 bits per heavy atom. The molecule has 0 saturated carbocycles. The summed E-state index contributed by atoms with van der Waals surface area (Å²) in [5.41, 5.74) is 5.16. The van der Waals surface area contributed by atoms with Gasteiger partial charge in [-0.05, 0) is 12.8 Å². The van der Waals surface area contributed by atoms with E-state index in [-0.39, 0.29) is 5.92 Å². The Balaban J connectivity index is 0. The minimum absolute atomic E-state index is 0.0208. The third kappa shape index (κ3) is 8.95. The number of aliphatic hydroxyl groups excluding tert-OH is 1. The Labute approximate surface area is 82.3 Å². The van der Waals surface area contributed by atoms with Crippen LogP contribution in [0.3, 0.4) is 0 Å². The average Bonchev–Trinajstić information content (AvgIpc) is 2.03. The molecule has 0 aliphatic heterocycles. The predicted octanol–water partition coefficient (Wildman–Crippen LogP) is -0.494. The van der Waals surface area contributed by atoms with Crippen LogP contribution in [-0.2, 0) is 9.59 Å². The van der Waals surface area contributed by atoms with Gasteiger partial charge in [0.1, 0.15) is 12.1 Å². The number of rotatable bonds is 3. The maximum Gasteiger partial charge on any atom is 0.332 e. The minimum atomic E-state index is -1.23. The van der Waals surface area contributed by atoms with Gasteiger partial charge in [0.25, 0.3) is 0 Å². The predicted molar refractivity (Wildman–Crippen MR) is 49.8 cm³/mol. The van der Waals surface area contributed by atoms with E-state index < -0.39 is 24.1 Å². The van der Waals surface area contributed by atoms with Gasteiger partial charge < -0.3 is 21.1 Å². The van der Waals surface area contributed by atoms with Crippen LogP contribution in [0.15, 0.2) is 0 Å². The average molecular weight is 207 g/mol. The monoisotopic (exact) mass is 207 g/mol. The lowest BCUT2D eigenvalue weighted by Crippen LogP contribution is -2.34. The highest BCUT2D eigenvalue weighted by Gasteiger charge is 2.14. The molecule has 2 atom stereocenters. The molecule has 0 aromatic carbocycles. The van der Waals surface area contributed by atoms with Gasteiger partial charge in [-0.25, -0.2) is 4.79 Å². The van der Waals surface area contributed by atoms with Gasteiger partial charge in [-0.15, -0.1) is 0 Å². The van der Waals surface area contributed by atoms with E-state index in [1.54, 1.807) is 13.8 Å². The normalized spacial score (nSPS) is 13.9. The summed E-state index contributed by atoms with van der Waals surface area (Å²) in [5, 5.41) is 24.0. The molecule has 0 rings (SSSR count). The first kappa shape index (κ1) is 15.3. The molecule has 0 bridgehead atoms. The number of aliphatic hydroxyl groups is 1. The molecule has 14 heavy (non-hydrogen) atoms. The first-order chi connectivity index (χ1) is 6.20. The zero-order valence-corrected chi connectivity index (χ0v) is 8.47. The molecular formula is C8H17NO5. The fourth-order valence-corrected chi connectivity index (χ4v) is 0.285. The highest BCUT2D eigenvalue weighted by Crippen LogP contribution is 1.96. The van der Waals surface area contributed by atoms with E-state index in [0.29, 0.717) is 0 Å². The van der Waals surface area contributed by atoms with Crippen molar-refractivity contribution >= 4 is 11.9 Å². The molecule has 0 fully saturated rings. The lowest BCUT2D eigenvalue weighted by atomic mass is 10.1. The molecule has 6 nitrogen and oxygen atoms in total. The Morgan fingerprint density at radius 1 is 1.07 bits per heavy atom. The van der Waals surface area contributed by atoms with Gasteiger partial charge in [0.2, 0.25) is 0 Å². The first-order valence-electron chi connectivity index (χ1n) is 4.09. The molecule has 0 radical (unpaired) electrons. The largest absolute Gasteiger partial charge is 0.480 e. The van der Waals surface area contributed by atoms with Crippen molar-refractivity contribution in [1.29, 1.82) is 0 Å². The van der Waals surface area contributed by atoms with E-state index in [1.807, 2.05) is 0 Å². The van der Waals surface area contributed by atoms with E-state index in [4.69, 9.17) is 21.1 Å². The van der Waals surface area contributed by atoms with E-state index in [9.17, 15) is 9.59 Å². The summed E-state index contributed by atoms with van der Waals surface area (Å²) in [6.45, 7) is 4.75. The molecular weight excluding hydrogens is 190 g/mol. The van der Waals surface area contributed by atoms with E-state index >= 15 is 0 Å². The molecule has 0 aromatic rings. The summed E-state index contributed by atoms with van der Waals surface area (Å²) >= 11 is 0. The summed E-state index contributed by atoms with van der Waals surface area (Å²) in [4.78, 5) is 19.5. The maximum atomic E-state index is 10.0. The summed E-state index contributed by atoms with van der Waals surface area (Å²) in [5.74, 6) is -2.09. The Bertz CT molecular complexity index is 190. The van der Waals surface area contributed by atoms with Gasteiger partial charge >= 0.3 is 11.9 Å². The van der Waals surface area contributed by atoms with Crippen LogP contribution in [0, 0.1) is 5.92 Å². The van der Waals surface area contributed by atoms with Crippen molar-refractivity contribution < 1.29 is 24.9 Å². The van der Waals surface area contributed by atoms with Crippen LogP contribution < -0.4 is 5.73 Å². The van der Waals surface area contributed by atoms with Gasteiger partial charge in [0, 0.05) is 0 Å². The maximum absolute atomic E-state index is 10.0. The minimum Gasteiger partial charge on any atom is -0.480 e. The smallest absolute Gasteiger partial charge is 0.332 e. The standard InChI is InChI=1S/C5H11NO2.C3H6O3/c1-3(2)4(6)5(7)8;1-2(4)3(5)6/h3-4H,6H2,1-2H3,(H,7,8);2,4H,1H3,(H,5,6)/t4-;/m0./s1. The van der Waals surface area contributed by atoms with Crippen LogP contribution in [0.2, 0.25) is 0 Å². The van der Waals surface area contributed by atoms with Crippen molar-refractivity contribution in [2.45, 2.75) is 32.9 Å².